The third-order valence-electron chi connectivity index (χ3n) is 4.76. The molecule has 1 fully saturated rings. The molecule has 0 heterocycles. The standard InChI is InChI=1S/C18H29N3O2/c1-3-21(4-2)16(15-9-6-5-7-10-15)13-19-17(22)20-14-18(23)11-8-12-18/h5-7,9-10,16,23H,3-4,8,11-14H2,1-2H3,(H2,19,20,22). The van der Waals surface area contributed by atoms with E-state index in [0.717, 1.165) is 32.4 Å². The summed E-state index contributed by atoms with van der Waals surface area (Å²) in [6, 6.07) is 10.2. The molecule has 1 unspecified atom stereocenters. The lowest BCUT2D eigenvalue weighted by molar-refractivity contribution is -0.0290. The van der Waals surface area contributed by atoms with Crippen LogP contribution in [0, 0.1) is 0 Å². The molecule has 0 saturated heterocycles. The van der Waals surface area contributed by atoms with E-state index >= 15 is 0 Å². The van der Waals surface area contributed by atoms with Gasteiger partial charge in [0, 0.05) is 13.1 Å². The molecule has 23 heavy (non-hydrogen) atoms. The predicted octanol–water partition coefficient (Wildman–Crippen LogP) is 2.28. The number of carbonyl (C=O) groups is 1. The summed E-state index contributed by atoms with van der Waals surface area (Å²) in [7, 11) is 0. The third kappa shape index (κ3) is 4.94. The van der Waals surface area contributed by atoms with E-state index in [9.17, 15) is 9.90 Å². The molecule has 5 nitrogen and oxygen atoms in total. The molecule has 1 aliphatic rings. The summed E-state index contributed by atoms with van der Waals surface area (Å²) in [6.45, 7) is 7.01. The lowest BCUT2D eigenvalue weighted by Gasteiger charge is -2.36. The number of nitrogens with one attached hydrogen (secondary N) is 2. The van der Waals surface area contributed by atoms with Crippen molar-refractivity contribution in [2.45, 2.75) is 44.8 Å². The largest absolute Gasteiger partial charge is 0.388 e. The van der Waals surface area contributed by atoms with Crippen LogP contribution in [0.1, 0.15) is 44.7 Å². The first-order valence-electron chi connectivity index (χ1n) is 8.61. The molecule has 3 N–H and O–H groups in total. The van der Waals surface area contributed by atoms with Crippen LogP contribution in [0.2, 0.25) is 0 Å². The number of likely N-dealkylation sites (N-methyl/N-ethyl adjacent to an activating group) is 1. The van der Waals surface area contributed by atoms with Gasteiger partial charge in [0.05, 0.1) is 11.6 Å². The molecule has 1 aromatic carbocycles. The fourth-order valence-corrected chi connectivity index (χ4v) is 3.06. The monoisotopic (exact) mass is 319 g/mol. The molecule has 5 heteroatoms. The maximum atomic E-state index is 12.0. The second-order valence-electron chi connectivity index (χ2n) is 6.29. The van der Waals surface area contributed by atoms with Gasteiger partial charge in [0.2, 0.25) is 0 Å². The van der Waals surface area contributed by atoms with E-state index in [1.807, 2.05) is 18.2 Å². The van der Waals surface area contributed by atoms with Gasteiger partial charge in [-0.2, -0.15) is 0 Å². The van der Waals surface area contributed by atoms with Gasteiger partial charge in [-0.25, -0.2) is 4.79 Å². The molecule has 128 valence electrons. The van der Waals surface area contributed by atoms with Gasteiger partial charge < -0.3 is 15.7 Å². The van der Waals surface area contributed by atoms with Gasteiger partial charge in [0.15, 0.2) is 0 Å². The number of carbonyl (C=O) groups excluding carboxylic acids is 1. The minimum Gasteiger partial charge on any atom is -0.388 e. The quantitative estimate of drug-likeness (QED) is 0.689. The number of urea groups is 1. The molecule has 0 bridgehead atoms. The summed E-state index contributed by atoms with van der Waals surface area (Å²) < 4.78 is 0. The van der Waals surface area contributed by atoms with Crippen LogP contribution in [0.25, 0.3) is 0 Å². The second-order valence-corrected chi connectivity index (χ2v) is 6.29. The van der Waals surface area contributed by atoms with Crippen molar-refractivity contribution in [2.75, 3.05) is 26.2 Å². The molecule has 1 saturated carbocycles. The Morgan fingerprint density at radius 3 is 2.39 bits per heavy atom. The minimum absolute atomic E-state index is 0.156. The number of rotatable bonds is 8. The van der Waals surface area contributed by atoms with Crippen molar-refractivity contribution >= 4 is 6.03 Å². The van der Waals surface area contributed by atoms with Gasteiger partial charge in [-0.1, -0.05) is 44.2 Å². The van der Waals surface area contributed by atoms with Crippen molar-refractivity contribution in [2.24, 2.45) is 0 Å². The van der Waals surface area contributed by atoms with Crippen LogP contribution in [-0.4, -0.2) is 47.8 Å². The number of amides is 2. The van der Waals surface area contributed by atoms with Crippen LogP contribution in [0.15, 0.2) is 30.3 Å². The van der Waals surface area contributed by atoms with Crippen LogP contribution in [0.5, 0.6) is 0 Å². The van der Waals surface area contributed by atoms with Crippen molar-refractivity contribution < 1.29 is 9.90 Å². The smallest absolute Gasteiger partial charge is 0.314 e. The third-order valence-corrected chi connectivity index (χ3v) is 4.76. The lowest BCUT2D eigenvalue weighted by Crippen LogP contribution is -2.51. The van der Waals surface area contributed by atoms with Crippen LogP contribution in [0.4, 0.5) is 4.79 Å². The maximum absolute atomic E-state index is 12.0. The first-order valence-corrected chi connectivity index (χ1v) is 8.61. The Morgan fingerprint density at radius 2 is 1.87 bits per heavy atom. The van der Waals surface area contributed by atoms with E-state index in [2.05, 4.69) is 41.5 Å². The summed E-state index contributed by atoms with van der Waals surface area (Å²) in [5.74, 6) is 0. The summed E-state index contributed by atoms with van der Waals surface area (Å²) in [5, 5.41) is 15.8. The number of benzene rings is 1. The Labute approximate surface area is 139 Å². The topological polar surface area (TPSA) is 64.6 Å². The number of nitrogens with zero attached hydrogens (tertiary/aromatic N) is 1. The average Bonchev–Trinajstić information content (AvgIpc) is 2.55. The molecule has 0 spiro atoms. The first kappa shape index (κ1) is 17.8. The van der Waals surface area contributed by atoms with E-state index in [1.54, 1.807) is 0 Å². The van der Waals surface area contributed by atoms with E-state index in [4.69, 9.17) is 0 Å². The molecule has 0 aromatic heterocycles. The minimum atomic E-state index is -0.685. The SMILES string of the molecule is CCN(CC)C(CNC(=O)NCC1(O)CCC1)c1ccccc1. The summed E-state index contributed by atoms with van der Waals surface area (Å²) in [5.41, 5.74) is 0.517. The fraction of sp³-hybridized carbons (Fsp3) is 0.611. The molecular weight excluding hydrogens is 290 g/mol. The van der Waals surface area contributed by atoms with Crippen molar-refractivity contribution in [1.29, 1.82) is 0 Å². The zero-order valence-electron chi connectivity index (χ0n) is 14.2. The number of hydrogen-bond donors (Lipinski definition) is 3. The lowest BCUT2D eigenvalue weighted by atomic mass is 9.80. The Morgan fingerprint density at radius 1 is 1.22 bits per heavy atom. The van der Waals surface area contributed by atoms with Crippen molar-refractivity contribution in [3.8, 4) is 0 Å². The molecular formula is C18H29N3O2. The molecule has 2 amide bonds. The fourth-order valence-electron chi connectivity index (χ4n) is 3.06. The van der Waals surface area contributed by atoms with Crippen molar-refractivity contribution in [1.82, 2.24) is 15.5 Å². The van der Waals surface area contributed by atoms with Gasteiger partial charge in [-0.3, -0.25) is 4.90 Å². The molecule has 0 aliphatic heterocycles. The number of hydrogen-bond acceptors (Lipinski definition) is 3. The molecule has 1 atom stereocenters. The van der Waals surface area contributed by atoms with Crippen LogP contribution in [0.3, 0.4) is 0 Å². The van der Waals surface area contributed by atoms with E-state index in [0.29, 0.717) is 13.1 Å². The Balaban J connectivity index is 1.88. The molecule has 1 aliphatic carbocycles. The van der Waals surface area contributed by atoms with Gasteiger partial charge in [0.25, 0.3) is 0 Å². The van der Waals surface area contributed by atoms with Gasteiger partial charge in [-0.15, -0.1) is 0 Å². The van der Waals surface area contributed by atoms with Crippen molar-refractivity contribution in [3.63, 3.8) is 0 Å². The maximum Gasteiger partial charge on any atom is 0.314 e. The van der Waals surface area contributed by atoms with E-state index in [1.165, 1.54) is 5.56 Å². The Hall–Kier alpha value is -1.59. The van der Waals surface area contributed by atoms with Crippen molar-refractivity contribution in [3.05, 3.63) is 35.9 Å². The van der Waals surface area contributed by atoms with Gasteiger partial charge >= 0.3 is 6.03 Å². The average molecular weight is 319 g/mol. The first-order chi connectivity index (χ1) is 11.1. The second kappa shape index (κ2) is 8.31. The zero-order valence-corrected chi connectivity index (χ0v) is 14.2. The van der Waals surface area contributed by atoms with Gasteiger partial charge in [0.1, 0.15) is 0 Å². The van der Waals surface area contributed by atoms with E-state index in [-0.39, 0.29) is 12.1 Å². The zero-order chi connectivity index (χ0) is 16.7. The van der Waals surface area contributed by atoms with Crippen LogP contribution >= 0.6 is 0 Å². The highest BCUT2D eigenvalue weighted by Gasteiger charge is 2.34. The Bertz CT molecular complexity index is 484. The number of aliphatic hydroxyl groups is 1. The van der Waals surface area contributed by atoms with Crippen LogP contribution in [-0.2, 0) is 0 Å². The highest BCUT2D eigenvalue weighted by molar-refractivity contribution is 5.74. The highest BCUT2D eigenvalue weighted by atomic mass is 16.3. The van der Waals surface area contributed by atoms with Gasteiger partial charge in [-0.05, 0) is 37.9 Å². The molecule has 2 rings (SSSR count). The normalized spacial score (nSPS) is 17.4. The summed E-state index contributed by atoms with van der Waals surface area (Å²) in [6.07, 6.45) is 2.59. The van der Waals surface area contributed by atoms with E-state index < -0.39 is 5.60 Å². The van der Waals surface area contributed by atoms with Crippen LogP contribution < -0.4 is 10.6 Å². The predicted molar refractivity (Wildman–Crippen MR) is 92.3 cm³/mol. The molecule has 1 aromatic rings. The molecule has 0 radical (unpaired) electrons. The Kier molecular flexibility index (Phi) is 6.42. The highest BCUT2D eigenvalue weighted by Crippen LogP contribution is 2.30. The summed E-state index contributed by atoms with van der Waals surface area (Å²) >= 11 is 0. The summed E-state index contributed by atoms with van der Waals surface area (Å²) in [4.78, 5) is 14.3.